The highest BCUT2D eigenvalue weighted by molar-refractivity contribution is 5.19. The molecule has 19 heavy (non-hydrogen) atoms. The molecule has 2 atom stereocenters. The third-order valence-electron chi connectivity index (χ3n) is 4.84. The maximum atomic E-state index is 13.8. The van der Waals surface area contributed by atoms with E-state index < -0.39 is 0 Å². The van der Waals surface area contributed by atoms with Crippen molar-refractivity contribution in [3.8, 4) is 0 Å². The molecule has 0 bridgehead atoms. The molecule has 2 heteroatoms. The molecule has 1 aromatic rings. The van der Waals surface area contributed by atoms with Gasteiger partial charge in [-0.1, -0.05) is 44.9 Å². The molecule has 0 radical (unpaired) electrons. The fourth-order valence-electron chi connectivity index (χ4n) is 3.61. The fraction of sp³-hybridized carbons (Fsp3) is 0.647. The summed E-state index contributed by atoms with van der Waals surface area (Å²) >= 11 is 0. The van der Waals surface area contributed by atoms with Gasteiger partial charge >= 0.3 is 0 Å². The Bertz CT molecular complexity index is 413. The van der Waals surface area contributed by atoms with Gasteiger partial charge in [-0.15, -0.1) is 0 Å². The largest absolute Gasteiger partial charge is 0.316 e. The van der Waals surface area contributed by atoms with Crippen molar-refractivity contribution in [3.63, 3.8) is 0 Å². The van der Waals surface area contributed by atoms with Crippen molar-refractivity contribution >= 4 is 0 Å². The van der Waals surface area contributed by atoms with E-state index in [9.17, 15) is 4.39 Å². The summed E-state index contributed by atoms with van der Waals surface area (Å²) in [5, 5.41) is 3.44. The van der Waals surface area contributed by atoms with E-state index in [1.807, 2.05) is 19.2 Å². The summed E-state index contributed by atoms with van der Waals surface area (Å²) in [4.78, 5) is 0. The summed E-state index contributed by atoms with van der Waals surface area (Å²) in [7, 11) is 2.01. The first-order valence-corrected chi connectivity index (χ1v) is 7.45. The zero-order chi connectivity index (χ0) is 13.9. The molecule has 1 aromatic carbocycles. The van der Waals surface area contributed by atoms with Crippen LogP contribution in [0, 0.1) is 17.2 Å². The molecular weight excluding hydrogens is 237 g/mol. The van der Waals surface area contributed by atoms with E-state index in [4.69, 9.17) is 0 Å². The topological polar surface area (TPSA) is 12.0 Å². The SMILES string of the molecule is CNC(Cc1ccccc1F)C1CCCCC1(C)C. The minimum absolute atomic E-state index is 0.0728. The molecule has 1 aliphatic rings. The Hall–Kier alpha value is -0.890. The van der Waals surface area contributed by atoms with Crippen molar-refractivity contribution < 1.29 is 4.39 Å². The molecule has 0 saturated heterocycles. The molecule has 2 unspecified atom stereocenters. The van der Waals surface area contributed by atoms with Crippen molar-refractivity contribution in [2.24, 2.45) is 11.3 Å². The summed E-state index contributed by atoms with van der Waals surface area (Å²) in [6, 6.07) is 7.53. The van der Waals surface area contributed by atoms with Crippen LogP contribution in [0.5, 0.6) is 0 Å². The van der Waals surface area contributed by atoms with Gasteiger partial charge < -0.3 is 5.32 Å². The molecule has 1 N–H and O–H groups in total. The van der Waals surface area contributed by atoms with Crippen molar-refractivity contribution in [1.29, 1.82) is 0 Å². The number of halogens is 1. The standard InChI is InChI=1S/C17H26FN/c1-17(2)11-7-6-9-14(17)16(19-3)12-13-8-4-5-10-15(13)18/h4-5,8,10,14,16,19H,6-7,9,11-12H2,1-3H3. The van der Waals surface area contributed by atoms with Gasteiger partial charge in [0.1, 0.15) is 5.82 Å². The van der Waals surface area contributed by atoms with Crippen LogP contribution in [-0.4, -0.2) is 13.1 Å². The van der Waals surface area contributed by atoms with Gasteiger partial charge in [0, 0.05) is 6.04 Å². The third kappa shape index (κ3) is 3.36. The summed E-state index contributed by atoms with van der Waals surface area (Å²) < 4.78 is 13.8. The number of nitrogens with one attached hydrogen (secondary N) is 1. The Morgan fingerprint density at radius 2 is 2.05 bits per heavy atom. The van der Waals surface area contributed by atoms with Gasteiger partial charge in [-0.2, -0.15) is 0 Å². The van der Waals surface area contributed by atoms with Crippen molar-refractivity contribution in [1.82, 2.24) is 5.32 Å². The van der Waals surface area contributed by atoms with E-state index in [1.165, 1.54) is 25.7 Å². The molecular formula is C17H26FN. The van der Waals surface area contributed by atoms with E-state index in [0.717, 1.165) is 12.0 Å². The van der Waals surface area contributed by atoms with E-state index in [2.05, 4.69) is 19.2 Å². The Morgan fingerprint density at radius 3 is 2.68 bits per heavy atom. The molecule has 0 spiro atoms. The zero-order valence-corrected chi connectivity index (χ0v) is 12.4. The van der Waals surface area contributed by atoms with Gasteiger partial charge in [0.15, 0.2) is 0 Å². The van der Waals surface area contributed by atoms with Crippen molar-refractivity contribution in [2.75, 3.05) is 7.05 Å². The molecule has 0 heterocycles. The second kappa shape index (κ2) is 6.04. The number of rotatable bonds is 4. The molecule has 1 saturated carbocycles. The normalized spacial score (nSPS) is 24.1. The molecule has 0 aliphatic heterocycles. The number of hydrogen-bond donors (Lipinski definition) is 1. The zero-order valence-electron chi connectivity index (χ0n) is 12.4. The van der Waals surface area contributed by atoms with E-state index in [-0.39, 0.29) is 5.82 Å². The maximum Gasteiger partial charge on any atom is 0.126 e. The highest BCUT2D eigenvalue weighted by atomic mass is 19.1. The first-order chi connectivity index (χ1) is 9.04. The van der Waals surface area contributed by atoms with Crippen LogP contribution in [0.4, 0.5) is 4.39 Å². The molecule has 0 amide bonds. The van der Waals surface area contributed by atoms with Crippen LogP contribution in [-0.2, 0) is 6.42 Å². The minimum Gasteiger partial charge on any atom is -0.316 e. The second-order valence-corrected chi connectivity index (χ2v) is 6.53. The van der Waals surface area contributed by atoms with Gasteiger partial charge in [-0.3, -0.25) is 0 Å². The van der Waals surface area contributed by atoms with Crippen LogP contribution in [0.2, 0.25) is 0 Å². The Morgan fingerprint density at radius 1 is 1.32 bits per heavy atom. The fourth-order valence-corrected chi connectivity index (χ4v) is 3.61. The third-order valence-corrected chi connectivity index (χ3v) is 4.84. The molecule has 1 fully saturated rings. The first-order valence-electron chi connectivity index (χ1n) is 7.45. The van der Waals surface area contributed by atoms with Gasteiger partial charge in [0.2, 0.25) is 0 Å². The van der Waals surface area contributed by atoms with E-state index in [1.54, 1.807) is 12.1 Å². The summed E-state index contributed by atoms with van der Waals surface area (Å²) in [5.41, 5.74) is 1.19. The lowest BCUT2D eigenvalue weighted by atomic mass is 9.65. The Kier molecular flexibility index (Phi) is 4.62. The van der Waals surface area contributed by atoms with E-state index >= 15 is 0 Å². The van der Waals surface area contributed by atoms with Crippen LogP contribution >= 0.6 is 0 Å². The molecule has 1 aliphatic carbocycles. The van der Waals surface area contributed by atoms with E-state index in [0.29, 0.717) is 17.4 Å². The van der Waals surface area contributed by atoms with Gasteiger partial charge in [0.25, 0.3) is 0 Å². The molecule has 0 aromatic heterocycles. The highest BCUT2D eigenvalue weighted by Gasteiger charge is 2.37. The predicted octanol–water partition coefficient (Wildman–Crippen LogP) is 4.17. The lowest BCUT2D eigenvalue weighted by Crippen LogP contribution is -2.44. The van der Waals surface area contributed by atoms with Crippen molar-refractivity contribution in [3.05, 3.63) is 35.6 Å². The minimum atomic E-state index is -0.0728. The van der Waals surface area contributed by atoms with Crippen LogP contribution in [0.15, 0.2) is 24.3 Å². The van der Waals surface area contributed by atoms with Crippen LogP contribution in [0.1, 0.15) is 45.1 Å². The average Bonchev–Trinajstić information content (AvgIpc) is 2.38. The average molecular weight is 263 g/mol. The van der Waals surface area contributed by atoms with Crippen LogP contribution in [0.3, 0.4) is 0 Å². The summed E-state index contributed by atoms with van der Waals surface area (Å²) in [5.74, 6) is 0.558. The Balaban J connectivity index is 2.14. The number of benzene rings is 1. The highest BCUT2D eigenvalue weighted by Crippen LogP contribution is 2.42. The number of hydrogen-bond acceptors (Lipinski definition) is 1. The number of likely N-dealkylation sites (N-methyl/N-ethyl adjacent to an activating group) is 1. The second-order valence-electron chi connectivity index (χ2n) is 6.53. The molecule has 1 nitrogen and oxygen atoms in total. The monoisotopic (exact) mass is 263 g/mol. The lowest BCUT2D eigenvalue weighted by molar-refractivity contribution is 0.101. The first kappa shape index (κ1) is 14.5. The smallest absolute Gasteiger partial charge is 0.126 e. The quantitative estimate of drug-likeness (QED) is 0.859. The van der Waals surface area contributed by atoms with Gasteiger partial charge in [-0.25, -0.2) is 4.39 Å². The predicted molar refractivity (Wildman–Crippen MR) is 78.7 cm³/mol. The van der Waals surface area contributed by atoms with Crippen molar-refractivity contribution in [2.45, 2.75) is 52.0 Å². The summed E-state index contributed by atoms with van der Waals surface area (Å²) in [6.07, 6.45) is 5.97. The van der Waals surface area contributed by atoms with Gasteiger partial charge in [0.05, 0.1) is 0 Å². The van der Waals surface area contributed by atoms with Crippen LogP contribution < -0.4 is 5.32 Å². The van der Waals surface area contributed by atoms with Gasteiger partial charge in [-0.05, 0) is 49.3 Å². The summed E-state index contributed by atoms with van der Waals surface area (Å²) in [6.45, 7) is 4.73. The maximum absolute atomic E-state index is 13.8. The Labute approximate surface area is 116 Å². The molecule has 2 rings (SSSR count). The lowest BCUT2D eigenvalue weighted by Gasteiger charge is -2.43. The molecule has 106 valence electrons. The van der Waals surface area contributed by atoms with Crippen LogP contribution in [0.25, 0.3) is 0 Å².